The molecule has 4 rings (SSSR count). The second kappa shape index (κ2) is 8.22. The van der Waals surface area contributed by atoms with E-state index in [0.717, 1.165) is 27.7 Å². The van der Waals surface area contributed by atoms with Gasteiger partial charge in [-0.2, -0.15) is 5.10 Å². The molecule has 1 atom stereocenters. The van der Waals surface area contributed by atoms with Crippen LogP contribution in [0.25, 0.3) is 10.9 Å². The molecular weight excluding hydrogens is 366 g/mol. The predicted octanol–water partition coefficient (Wildman–Crippen LogP) is 4.17. The zero-order valence-corrected chi connectivity index (χ0v) is 15.9. The molecule has 1 aromatic heterocycles. The second-order valence-corrected chi connectivity index (χ2v) is 7.07. The lowest BCUT2D eigenvalue weighted by Crippen LogP contribution is -2.27. The minimum atomic E-state index is -0.898. The zero-order valence-electron chi connectivity index (χ0n) is 15.9. The molecule has 0 radical (unpaired) electrons. The fraction of sp³-hybridized carbons (Fsp3) is 0.217. The van der Waals surface area contributed by atoms with Gasteiger partial charge in [0.25, 0.3) is 0 Å². The van der Waals surface area contributed by atoms with E-state index < -0.39 is 5.97 Å². The van der Waals surface area contributed by atoms with Gasteiger partial charge >= 0.3 is 5.97 Å². The first-order valence-electron chi connectivity index (χ1n) is 9.63. The average molecular weight is 387 g/mol. The molecule has 0 saturated carbocycles. The molecule has 1 amide bonds. The van der Waals surface area contributed by atoms with Crippen molar-refractivity contribution >= 4 is 28.5 Å². The van der Waals surface area contributed by atoms with Gasteiger partial charge < -0.3 is 5.11 Å². The van der Waals surface area contributed by atoms with Crippen molar-refractivity contribution in [1.82, 2.24) is 9.99 Å². The second-order valence-electron chi connectivity index (χ2n) is 7.07. The van der Waals surface area contributed by atoms with E-state index in [9.17, 15) is 9.59 Å². The van der Waals surface area contributed by atoms with Gasteiger partial charge in [-0.05, 0) is 29.7 Å². The number of aliphatic carboxylic acids is 1. The maximum atomic E-state index is 12.9. The number of hydrazone groups is 1. The number of amides is 1. The third kappa shape index (κ3) is 4.16. The Morgan fingerprint density at radius 3 is 2.66 bits per heavy atom. The molecule has 1 aliphatic rings. The summed E-state index contributed by atoms with van der Waals surface area (Å²) in [6, 6.07) is 19.5. The quantitative estimate of drug-likeness (QED) is 0.688. The number of rotatable bonds is 6. The number of pyridine rings is 1. The summed E-state index contributed by atoms with van der Waals surface area (Å²) in [7, 11) is 0. The SMILES string of the molecule is O=C(O)CCCC(=O)N1N=C(c2ccccc2)CC1c1ccc2cccnc2c1. The van der Waals surface area contributed by atoms with Crippen LogP contribution in [0.15, 0.2) is 72.0 Å². The van der Waals surface area contributed by atoms with Crippen molar-refractivity contribution in [2.45, 2.75) is 31.7 Å². The summed E-state index contributed by atoms with van der Waals surface area (Å²) < 4.78 is 0. The third-order valence-electron chi connectivity index (χ3n) is 5.07. The Balaban J connectivity index is 1.64. The van der Waals surface area contributed by atoms with E-state index in [1.165, 1.54) is 5.01 Å². The Kier molecular flexibility index (Phi) is 5.33. The number of nitrogens with zero attached hydrogens (tertiary/aromatic N) is 3. The molecule has 1 N–H and O–H groups in total. The zero-order chi connectivity index (χ0) is 20.2. The van der Waals surface area contributed by atoms with Gasteiger partial charge in [0.15, 0.2) is 0 Å². The molecule has 0 bridgehead atoms. The van der Waals surface area contributed by atoms with E-state index >= 15 is 0 Å². The number of fused-ring (bicyclic) bond motifs is 1. The number of hydrogen-bond donors (Lipinski definition) is 1. The highest BCUT2D eigenvalue weighted by Crippen LogP contribution is 2.34. The van der Waals surface area contributed by atoms with Crippen molar-refractivity contribution in [3.63, 3.8) is 0 Å². The Labute approximate surface area is 168 Å². The minimum Gasteiger partial charge on any atom is -0.481 e. The van der Waals surface area contributed by atoms with E-state index in [-0.39, 0.29) is 24.8 Å². The monoisotopic (exact) mass is 387 g/mol. The van der Waals surface area contributed by atoms with Crippen LogP contribution in [0.2, 0.25) is 0 Å². The average Bonchev–Trinajstić information content (AvgIpc) is 3.19. The van der Waals surface area contributed by atoms with E-state index in [1.807, 2.05) is 60.7 Å². The molecule has 0 spiro atoms. The number of carboxylic acid groups (broad SMARTS) is 1. The van der Waals surface area contributed by atoms with Crippen molar-refractivity contribution in [2.24, 2.45) is 5.10 Å². The van der Waals surface area contributed by atoms with Crippen molar-refractivity contribution in [2.75, 3.05) is 0 Å². The lowest BCUT2D eigenvalue weighted by atomic mass is 9.97. The van der Waals surface area contributed by atoms with Crippen LogP contribution in [0, 0.1) is 0 Å². The molecule has 6 heteroatoms. The molecule has 1 unspecified atom stereocenters. The van der Waals surface area contributed by atoms with Gasteiger partial charge in [-0.15, -0.1) is 0 Å². The Morgan fingerprint density at radius 1 is 1.03 bits per heavy atom. The van der Waals surface area contributed by atoms with Crippen molar-refractivity contribution in [3.05, 3.63) is 78.0 Å². The van der Waals surface area contributed by atoms with Crippen LogP contribution in [0.1, 0.15) is 42.9 Å². The van der Waals surface area contributed by atoms with Gasteiger partial charge in [0.05, 0.1) is 17.3 Å². The van der Waals surface area contributed by atoms with Gasteiger partial charge in [-0.3, -0.25) is 14.6 Å². The molecule has 0 aliphatic carbocycles. The standard InChI is InChI=1S/C23H21N3O3/c27-22(9-4-10-23(28)29)26-21(15-20(25-26)16-6-2-1-3-7-16)18-12-11-17-8-5-13-24-19(17)14-18/h1-3,5-8,11-14,21H,4,9-10,15H2,(H,28,29). The molecule has 3 aromatic rings. The van der Waals surface area contributed by atoms with E-state index in [2.05, 4.69) is 10.1 Å². The van der Waals surface area contributed by atoms with Gasteiger partial charge in [-0.25, -0.2) is 5.01 Å². The molecule has 146 valence electrons. The number of carbonyl (C=O) groups excluding carboxylic acids is 1. The van der Waals surface area contributed by atoms with Crippen LogP contribution < -0.4 is 0 Å². The molecule has 0 saturated heterocycles. The summed E-state index contributed by atoms with van der Waals surface area (Å²) in [5, 5.41) is 16.0. The first-order chi connectivity index (χ1) is 14.1. The summed E-state index contributed by atoms with van der Waals surface area (Å²) in [4.78, 5) is 28.1. The highest BCUT2D eigenvalue weighted by Gasteiger charge is 2.33. The summed E-state index contributed by atoms with van der Waals surface area (Å²) in [6.07, 6.45) is 2.78. The number of hydrogen-bond acceptors (Lipinski definition) is 4. The highest BCUT2D eigenvalue weighted by atomic mass is 16.4. The maximum absolute atomic E-state index is 12.9. The highest BCUT2D eigenvalue weighted by molar-refractivity contribution is 6.03. The van der Waals surface area contributed by atoms with Crippen molar-refractivity contribution in [1.29, 1.82) is 0 Å². The van der Waals surface area contributed by atoms with Crippen LogP contribution in [0.5, 0.6) is 0 Å². The lowest BCUT2D eigenvalue weighted by Gasteiger charge is -2.22. The van der Waals surface area contributed by atoms with Crippen molar-refractivity contribution < 1.29 is 14.7 Å². The molecule has 2 heterocycles. The summed E-state index contributed by atoms with van der Waals surface area (Å²) >= 11 is 0. The van der Waals surface area contributed by atoms with Crippen LogP contribution >= 0.6 is 0 Å². The Bertz CT molecular complexity index is 1080. The number of aromatic nitrogens is 1. The molecule has 29 heavy (non-hydrogen) atoms. The van der Waals surface area contributed by atoms with Gasteiger partial charge in [-0.1, -0.05) is 48.5 Å². The smallest absolute Gasteiger partial charge is 0.303 e. The minimum absolute atomic E-state index is 0.0284. The van der Waals surface area contributed by atoms with E-state index in [4.69, 9.17) is 5.11 Å². The molecule has 2 aromatic carbocycles. The van der Waals surface area contributed by atoms with Gasteiger partial charge in [0.1, 0.15) is 0 Å². The lowest BCUT2D eigenvalue weighted by molar-refractivity contribution is -0.137. The first kappa shape index (κ1) is 18.8. The number of benzene rings is 2. The summed E-state index contributed by atoms with van der Waals surface area (Å²) in [6.45, 7) is 0. The predicted molar refractivity (Wildman–Crippen MR) is 110 cm³/mol. The number of carbonyl (C=O) groups is 2. The Hall–Kier alpha value is -3.54. The number of carboxylic acids is 1. The first-order valence-corrected chi connectivity index (χ1v) is 9.63. The fourth-order valence-corrected chi connectivity index (χ4v) is 3.60. The maximum Gasteiger partial charge on any atom is 0.303 e. The normalized spacial score (nSPS) is 16.1. The molecule has 6 nitrogen and oxygen atoms in total. The molecule has 0 fully saturated rings. The third-order valence-corrected chi connectivity index (χ3v) is 5.07. The summed E-state index contributed by atoms with van der Waals surface area (Å²) in [5.41, 5.74) is 3.68. The van der Waals surface area contributed by atoms with Crippen LogP contribution in [-0.4, -0.2) is 32.7 Å². The Morgan fingerprint density at radius 2 is 1.86 bits per heavy atom. The van der Waals surface area contributed by atoms with Crippen LogP contribution in [-0.2, 0) is 9.59 Å². The summed E-state index contributed by atoms with van der Waals surface area (Å²) in [5.74, 6) is -1.06. The van der Waals surface area contributed by atoms with Crippen LogP contribution in [0.3, 0.4) is 0 Å². The van der Waals surface area contributed by atoms with Gasteiger partial charge in [0, 0.05) is 30.8 Å². The van der Waals surface area contributed by atoms with Crippen molar-refractivity contribution in [3.8, 4) is 0 Å². The van der Waals surface area contributed by atoms with E-state index in [1.54, 1.807) is 6.20 Å². The molecule has 1 aliphatic heterocycles. The largest absolute Gasteiger partial charge is 0.481 e. The van der Waals surface area contributed by atoms with E-state index in [0.29, 0.717) is 12.8 Å². The molecular formula is C23H21N3O3. The van der Waals surface area contributed by atoms with Gasteiger partial charge in [0.2, 0.25) is 5.91 Å². The topological polar surface area (TPSA) is 82.9 Å². The fourth-order valence-electron chi connectivity index (χ4n) is 3.60. The van der Waals surface area contributed by atoms with Crippen LogP contribution in [0.4, 0.5) is 0 Å².